The van der Waals surface area contributed by atoms with E-state index in [1.165, 1.54) is 4.90 Å². The highest BCUT2D eigenvalue weighted by Gasteiger charge is 2.18. The number of nitrogens with one attached hydrogen (secondary N) is 1. The van der Waals surface area contributed by atoms with Crippen LogP contribution in [-0.4, -0.2) is 46.3 Å². The summed E-state index contributed by atoms with van der Waals surface area (Å²) in [6.07, 6.45) is 1.01. The Hall–Kier alpha value is -2.85. The molecule has 1 aliphatic heterocycles. The fourth-order valence-electron chi connectivity index (χ4n) is 3.14. The third-order valence-corrected chi connectivity index (χ3v) is 4.50. The van der Waals surface area contributed by atoms with E-state index in [0.717, 1.165) is 55.1 Å². The highest BCUT2D eigenvalue weighted by molar-refractivity contribution is 5.73. The number of aryl methyl sites for hydroxylation is 1. The van der Waals surface area contributed by atoms with E-state index in [0.29, 0.717) is 6.54 Å². The molecule has 0 aliphatic carbocycles. The number of amides is 2. The van der Waals surface area contributed by atoms with Gasteiger partial charge in [0.25, 0.3) is 0 Å². The van der Waals surface area contributed by atoms with E-state index in [1.807, 2.05) is 28.9 Å². The molecule has 0 saturated heterocycles. The Bertz CT molecular complexity index is 820. The molecule has 1 aromatic carbocycles. The first-order chi connectivity index (χ1) is 12.6. The summed E-state index contributed by atoms with van der Waals surface area (Å²) in [4.78, 5) is 15.5. The molecule has 0 atom stereocenters. The highest BCUT2D eigenvalue weighted by atomic mass is 16.2. The second kappa shape index (κ2) is 8.02. The maximum Gasteiger partial charge on any atom is 0.317 e. The molecular weight excluding hydrogens is 328 g/mol. The molecule has 1 aromatic heterocycles. The predicted molar refractivity (Wildman–Crippen MR) is 98.0 cm³/mol. The summed E-state index contributed by atoms with van der Waals surface area (Å²) in [6.45, 7) is 3.80. The molecule has 0 spiro atoms. The topological polar surface area (TPSA) is 77.2 Å². The summed E-state index contributed by atoms with van der Waals surface area (Å²) >= 11 is 0. The molecule has 2 heterocycles. The lowest BCUT2D eigenvalue weighted by molar-refractivity contribution is 0.217. The van der Waals surface area contributed by atoms with Crippen molar-refractivity contribution >= 4 is 6.03 Å². The van der Waals surface area contributed by atoms with E-state index in [2.05, 4.69) is 27.5 Å². The summed E-state index contributed by atoms with van der Waals surface area (Å²) < 4.78 is 2.04. The van der Waals surface area contributed by atoms with Crippen LogP contribution >= 0.6 is 0 Å². The predicted octanol–water partition coefficient (Wildman–Crippen LogP) is 1.93. The van der Waals surface area contributed by atoms with E-state index in [4.69, 9.17) is 0 Å². The fourth-order valence-corrected chi connectivity index (χ4v) is 3.14. The summed E-state index contributed by atoms with van der Waals surface area (Å²) in [5.74, 6) is 0. The molecule has 0 bridgehead atoms. The second-order valence-electron chi connectivity index (χ2n) is 6.74. The number of benzene rings is 1. The van der Waals surface area contributed by atoms with Crippen LogP contribution in [0.15, 0.2) is 30.3 Å². The Kier molecular flexibility index (Phi) is 5.54. The first-order valence-corrected chi connectivity index (χ1v) is 8.78. The molecular formula is C19H24N6O. The van der Waals surface area contributed by atoms with Crippen molar-refractivity contribution in [2.75, 3.05) is 20.6 Å². The summed E-state index contributed by atoms with van der Waals surface area (Å²) in [5, 5.41) is 16.8. The van der Waals surface area contributed by atoms with Crippen LogP contribution in [0.3, 0.4) is 0 Å². The van der Waals surface area contributed by atoms with Gasteiger partial charge in [-0.15, -0.1) is 0 Å². The number of rotatable bonds is 4. The zero-order valence-electron chi connectivity index (χ0n) is 15.3. The minimum Gasteiger partial charge on any atom is -0.332 e. The van der Waals surface area contributed by atoms with Gasteiger partial charge in [0.05, 0.1) is 29.6 Å². The number of nitriles is 1. The summed E-state index contributed by atoms with van der Waals surface area (Å²) in [7, 11) is 3.43. The molecule has 1 aliphatic rings. The molecule has 136 valence electrons. The monoisotopic (exact) mass is 352 g/mol. The third kappa shape index (κ3) is 4.21. The van der Waals surface area contributed by atoms with Crippen LogP contribution in [0.4, 0.5) is 4.79 Å². The summed E-state index contributed by atoms with van der Waals surface area (Å²) in [5.41, 5.74) is 3.80. The van der Waals surface area contributed by atoms with Gasteiger partial charge in [-0.25, -0.2) is 4.79 Å². The molecule has 2 aromatic rings. The number of carbonyl (C=O) groups excluding carboxylic acids is 1. The first-order valence-electron chi connectivity index (χ1n) is 8.78. The van der Waals surface area contributed by atoms with Gasteiger partial charge in [-0.1, -0.05) is 18.2 Å². The highest BCUT2D eigenvalue weighted by Crippen LogP contribution is 2.18. The van der Waals surface area contributed by atoms with E-state index in [-0.39, 0.29) is 6.03 Å². The third-order valence-electron chi connectivity index (χ3n) is 4.50. The Morgan fingerprint density at radius 1 is 1.35 bits per heavy atom. The lowest BCUT2D eigenvalue weighted by Gasteiger charge is -2.20. The zero-order valence-corrected chi connectivity index (χ0v) is 15.3. The molecule has 0 fully saturated rings. The van der Waals surface area contributed by atoms with Crippen molar-refractivity contribution in [3.63, 3.8) is 0 Å². The van der Waals surface area contributed by atoms with Gasteiger partial charge < -0.3 is 10.2 Å². The first kappa shape index (κ1) is 18.0. The maximum absolute atomic E-state index is 11.7. The standard InChI is InChI=1S/C19H24N6O/c1-23(2)19(26)21-12-17-10-18-14-24(8-5-9-25(18)22-17)13-16-7-4-3-6-15(16)11-20/h3-4,6-7,10H,5,8-9,12-14H2,1-2H3,(H,21,26). The number of nitrogens with zero attached hydrogens (tertiary/aromatic N) is 5. The van der Waals surface area contributed by atoms with Crippen LogP contribution in [0, 0.1) is 11.3 Å². The van der Waals surface area contributed by atoms with Crippen molar-refractivity contribution in [1.29, 1.82) is 5.26 Å². The van der Waals surface area contributed by atoms with Gasteiger partial charge in [0.1, 0.15) is 0 Å². The maximum atomic E-state index is 11.7. The van der Waals surface area contributed by atoms with Gasteiger partial charge in [-0.2, -0.15) is 10.4 Å². The Morgan fingerprint density at radius 2 is 2.15 bits per heavy atom. The quantitative estimate of drug-likeness (QED) is 0.912. The van der Waals surface area contributed by atoms with Gasteiger partial charge in [-0.3, -0.25) is 9.58 Å². The van der Waals surface area contributed by atoms with Crippen LogP contribution in [0.5, 0.6) is 0 Å². The Morgan fingerprint density at radius 3 is 2.92 bits per heavy atom. The van der Waals surface area contributed by atoms with E-state index in [9.17, 15) is 10.1 Å². The number of urea groups is 1. The largest absolute Gasteiger partial charge is 0.332 e. The van der Waals surface area contributed by atoms with Gasteiger partial charge >= 0.3 is 6.03 Å². The Balaban J connectivity index is 1.68. The second-order valence-corrected chi connectivity index (χ2v) is 6.74. The lowest BCUT2D eigenvalue weighted by Crippen LogP contribution is -2.34. The smallest absolute Gasteiger partial charge is 0.317 e. The van der Waals surface area contributed by atoms with Gasteiger partial charge in [0.2, 0.25) is 0 Å². The molecule has 0 radical (unpaired) electrons. The van der Waals surface area contributed by atoms with Crippen LogP contribution in [0.2, 0.25) is 0 Å². The van der Waals surface area contributed by atoms with E-state index >= 15 is 0 Å². The minimum absolute atomic E-state index is 0.122. The molecule has 0 unspecified atom stereocenters. The van der Waals surface area contributed by atoms with Crippen molar-refractivity contribution < 1.29 is 4.79 Å². The molecule has 2 amide bonds. The van der Waals surface area contributed by atoms with Gasteiger partial charge in [0, 0.05) is 40.3 Å². The van der Waals surface area contributed by atoms with Gasteiger partial charge in [-0.05, 0) is 24.1 Å². The fraction of sp³-hybridized carbons (Fsp3) is 0.421. The van der Waals surface area contributed by atoms with Crippen molar-refractivity contribution in [2.24, 2.45) is 0 Å². The molecule has 0 saturated carbocycles. The van der Waals surface area contributed by atoms with Crippen molar-refractivity contribution in [1.82, 2.24) is 24.9 Å². The SMILES string of the molecule is CN(C)C(=O)NCc1cc2n(n1)CCCN(Cc1ccccc1C#N)C2. The molecule has 26 heavy (non-hydrogen) atoms. The van der Waals surface area contributed by atoms with Crippen LogP contribution in [-0.2, 0) is 26.2 Å². The lowest BCUT2D eigenvalue weighted by atomic mass is 10.1. The number of hydrogen-bond acceptors (Lipinski definition) is 4. The number of hydrogen-bond donors (Lipinski definition) is 1. The number of carbonyl (C=O) groups is 1. The van der Waals surface area contributed by atoms with Crippen LogP contribution in [0.1, 0.15) is 28.9 Å². The average molecular weight is 352 g/mol. The Labute approximate surface area is 153 Å². The van der Waals surface area contributed by atoms with E-state index < -0.39 is 0 Å². The van der Waals surface area contributed by atoms with Crippen molar-refractivity contribution in [2.45, 2.75) is 32.6 Å². The van der Waals surface area contributed by atoms with Crippen LogP contribution < -0.4 is 5.32 Å². The molecule has 1 N–H and O–H groups in total. The molecule has 3 rings (SSSR count). The number of fused-ring (bicyclic) bond motifs is 1. The van der Waals surface area contributed by atoms with Gasteiger partial charge in [0.15, 0.2) is 0 Å². The zero-order chi connectivity index (χ0) is 18.5. The van der Waals surface area contributed by atoms with Crippen molar-refractivity contribution in [3.8, 4) is 6.07 Å². The molecule has 7 nitrogen and oxygen atoms in total. The van der Waals surface area contributed by atoms with Crippen molar-refractivity contribution in [3.05, 3.63) is 52.8 Å². The summed E-state index contributed by atoms with van der Waals surface area (Å²) in [6, 6.07) is 12.0. The molecule has 7 heteroatoms. The number of aromatic nitrogens is 2. The average Bonchev–Trinajstić information content (AvgIpc) is 2.92. The van der Waals surface area contributed by atoms with E-state index in [1.54, 1.807) is 14.1 Å². The minimum atomic E-state index is -0.122. The van der Waals surface area contributed by atoms with Crippen LogP contribution in [0.25, 0.3) is 0 Å². The normalized spacial score (nSPS) is 14.2.